The van der Waals surface area contributed by atoms with E-state index in [2.05, 4.69) is 123 Å². The third-order valence-corrected chi connectivity index (χ3v) is 7.31. The van der Waals surface area contributed by atoms with Crippen molar-refractivity contribution in [3.8, 4) is 17.5 Å². The van der Waals surface area contributed by atoms with Crippen molar-refractivity contribution in [1.82, 2.24) is 4.57 Å². The van der Waals surface area contributed by atoms with Crippen molar-refractivity contribution < 1.29 is 0 Å². The van der Waals surface area contributed by atoms with E-state index in [9.17, 15) is 0 Å². The van der Waals surface area contributed by atoms with Gasteiger partial charge in [-0.05, 0) is 72.5 Å². The van der Waals surface area contributed by atoms with Crippen LogP contribution in [0.25, 0.3) is 27.5 Å². The van der Waals surface area contributed by atoms with Crippen LogP contribution in [0.2, 0.25) is 0 Å². The highest BCUT2D eigenvalue weighted by Gasteiger charge is 2.17. The Kier molecular flexibility index (Phi) is 7.14. The van der Waals surface area contributed by atoms with Crippen LogP contribution in [0.15, 0.2) is 87.8 Å². The minimum atomic E-state index is 0.977. The third-order valence-electron chi connectivity index (χ3n) is 6.40. The SMILES string of the molecule is CCCc1ccc2c3ccccc3n(-c3ccc(C#Cc4cc(Br)cc(Br)c4)cc3)c2c1CCC. The molecule has 1 heterocycles. The van der Waals surface area contributed by atoms with Gasteiger partial charge in [0.05, 0.1) is 11.0 Å². The molecule has 0 N–H and O–H groups in total. The molecule has 5 rings (SSSR count). The minimum Gasteiger partial charge on any atom is -0.309 e. The van der Waals surface area contributed by atoms with Crippen molar-refractivity contribution in [2.45, 2.75) is 39.5 Å². The van der Waals surface area contributed by atoms with Crippen molar-refractivity contribution in [1.29, 1.82) is 0 Å². The third kappa shape index (κ3) is 4.83. The maximum Gasteiger partial charge on any atom is 0.0575 e. The van der Waals surface area contributed by atoms with Crippen molar-refractivity contribution in [3.05, 3.63) is 110 Å². The Morgan fingerprint density at radius 2 is 1.37 bits per heavy atom. The first kappa shape index (κ1) is 23.9. The average molecular weight is 585 g/mol. The molecule has 4 aromatic carbocycles. The second kappa shape index (κ2) is 10.4. The van der Waals surface area contributed by atoms with Gasteiger partial charge < -0.3 is 4.57 Å². The summed E-state index contributed by atoms with van der Waals surface area (Å²) < 4.78 is 4.49. The molecule has 1 nitrogen and oxygen atoms in total. The summed E-state index contributed by atoms with van der Waals surface area (Å²) in [4.78, 5) is 0. The normalized spacial score (nSPS) is 11.1. The van der Waals surface area contributed by atoms with Crippen LogP contribution in [0.5, 0.6) is 0 Å². The number of nitrogens with zero attached hydrogens (tertiary/aromatic N) is 1. The number of hydrogen-bond acceptors (Lipinski definition) is 0. The molecular weight excluding hydrogens is 558 g/mol. The highest BCUT2D eigenvalue weighted by atomic mass is 79.9. The number of hydrogen-bond donors (Lipinski definition) is 0. The van der Waals surface area contributed by atoms with Gasteiger partial charge in [-0.3, -0.25) is 0 Å². The molecule has 0 aliphatic heterocycles. The standard InChI is InChI=1S/C32H27Br2N/c1-3-7-24-15-18-30-29-9-5-6-10-31(29)35(32(30)28(24)8-4-2)27-16-13-22(14-17-27)11-12-23-19-25(33)21-26(34)20-23/h5-6,9-10,13-21H,3-4,7-8H2,1-2H3. The molecule has 0 amide bonds. The summed E-state index contributed by atoms with van der Waals surface area (Å²) >= 11 is 7.08. The van der Waals surface area contributed by atoms with Gasteiger partial charge in [-0.15, -0.1) is 0 Å². The van der Waals surface area contributed by atoms with E-state index in [4.69, 9.17) is 0 Å². The summed E-state index contributed by atoms with van der Waals surface area (Å²) in [6.07, 6.45) is 4.50. The van der Waals surface area contributed by atoms with Crippen LogP contribution in [0.3, 0.4) is 0 Å². The van der Waals surface area contributed by atoms with Gasteiger partial charge in [0.25, 0.3) is 0 Å². The van der Waals surface area contributed by atoms with Crippen LogP contribution in [0, 0.1) is 11.8 Å². The van der Waals surface area contributed by atoms with Crippen molar-refractivity contribution >= 4 is 53.7 Å². The van der Waals surface area contributed by atoms with Gasteiger partial charge in [0.1, 0.15) is 0 Å². The lowest BCUT2D eigenvalue weighted by Gasteiger charge is -2.15. The molecule has 0 atom stereocenters. The second-order valence-electron chi connectivity index (χ2n) is 8.91. The molecule has 0 aliphatic rings. The maximum atomic E-state index is 3.54. The van der Waals surface area contributed by atoms with Crippen molar-refractivity contribution in [3.63, 3.8) is 0 Å². The van der Waals surface area contributed by atoms with E-state index in [0.717, 1.165) is 45.8 Å². The number of fused-ring (bicyclic) bond motifs is 3. The number of halogens is 2. The Labute approximate surface area is 224 Å². The molecule has 5 aromatic rings. The highest BCUT2D eigenvalue weighted by molar-refractivity contribution is 9.11. The summed E-state index contributed by atoms with van der Waals surface area (Å²) in [7, 11) is 0. The summed E-state index contributed by atoms with van der Waals surface area (Å²) in [5.74, 6) is 6.61. The molecule has 0 aliphatic carbocycles. The first-order valence-electron chi connectivity index (χ1n) is 12.2. The Morgan fingerprint density at radius 1 is 0.686 bits per heavy atom. The van der Waals surface area contributed by atoms with Gasteiger partial charge in [0, 0.05) is 36.5 Å². The fourth-order valence-corrected chi connectivity index (χ4v) is 6.23. The molecule has 0 radical (unpaired) electrons. The zero-order chi connectivity index (χ0) is 24.4. The monoisotopic (exact) mass is 583 g/mol. The topological polar surface area (TPSA) is 4.93 Å². The average Bonchev–Trinajstić information content (AvgIpc) is 3.19. The summed E-state index contributed by atoms with van der Waals surface area (Å²) in [5.41, 5.74) is 8.75. The van der Waals surface area contributed by atoms with E-state index >= 15 is 0 Å². The van der Waals surface area contributed by atoms with Crippen LogP contribution >= 0.6 is 31.9 Å². The van der Waals surface area contributed by atoms with E-state index in [-0.39, 0.29) is 0 Å². The molecule has 174 valence electrons. The van der Waals surface area contributed by atoms with Crippen LogP contribution < -0.4 is 0 Å². The first-order chi connectivity index (χ1) is 17.1. The lowest BCUT2D eigenvalue weighted by Crippen LogP contribution is -2.01. The van der Waals surface area contributed by atoms with Crippen LogP contribution in [0.4, 0.5) is 0 Å². The van der Waals surface area contributed by atoms with Gasteiger partial charge in [0.2, 0.25) is 0 Å². The van der Waals surface area contributed by atoms with Gasteiger partial charge >= 0.3 is 0 Å². The molecule has 0 saturated carbocycles. The van der Waals surface area contributed by atoms with Gasteiger partial charge in [-0.1, -0.05) is 101 Å². The zero-order valence-electron chi connectivity index (χ0n) is 20.0. The fraction of sp³-hybridized carbons (Fsp3) is 0.188. The summed E-state index contributed by atoms with van der Waals surface area (Å²) in [6, 6.07) is 28.2. The predicted octanol–water partition coefficient (Wildman–Crippen LogP) is 9.61. The molecule has 0 saturated heterocycles. The predicted molar refractivity (Wildman–Crippen MR) is 157 cm³/mol. The minimum absolute atomic E-state index is 0.977. The Bertz CT molecular complexity index is 1560. The molecule has 0 bridgehead atoms. The first-order valence-corrected chi connectivity index (χ1v) is 13.8. The van der Waals surface area contributed by atoms with Gasteiger partial charge in [-0.25, -0.2) is 0 Å². The largest absolute Gasteiger partial charge is 0.309 e. The van der Waals surface area contributed by atoms with E-state index < -0.39 is 0 Å². The van der Waals surface area contributed by atoms with E-state index in [0.29, 0.717) is 0 Å². The van der Waals surface area contributed by atoms with E-state index in [1.807, 2.05) is 18.2 Å². The fourth-order valence-electron chi connectivity index (χ4n) is 4.93. The van der Waals surface area contributed by atoms with Crippen LogP contribution in [-0.2, 0) is 12.8 Å². The second-order valence-corrected chi connectivity index (χ2v) is 10.7. The molecule has 1 aromatic heterocycles. The smallest absolute Gasteiger partial charge is 0.0575 e. The Hall–Kier alpha value is -2.80. The lowest BCUT2D eigenvalue weighted by molar-refractivity contribution is 0.864. The van der Waals surface area contributed by atoms with Crippen LogP contribution in [0.1, 0.15) is 48.9 Å². The number of aryl methyl sites for hydroxylation is 2. The van der Waals surface area contributed by atoms with Gasteiger partial charge in [0.15, 0.2) is 0 Å². The molecule has 35 heavy (non-hydrogen) atoms. The number of benzene rings is 4. The van der Waals surface area contributed by atoms with E-state index in [1.165, 1.54) is 38.6 Å². The molecule has 0 spiro atoms. The van der Waals surface area contributed by atoms with Crippen LogP contribution in [-0.4, -0.2) is 4.57 Å². The quantitative estimate of drug-likeness (QED) is 0.181. The summed E-state index contributed by atoms with van der Waals surface area (Å²) in [6.45, 7) is 4.54. The number of aromatic nitrogens is 1. The van der Waals surface area contributed by atoms with E-state index in [1.54, 1.807) is 0 Å². The lowest BCUT2D eigenvalue weighted by atomic mass is 9.96. The van der Waals surface area contributed by atoms with Crippen molar-refractivity contribution in [2.24, 2.45) is 0 Å². The number of rotatable bonds is 5. The van der Waals surface area contributed by atoms with Gasteiger partial charge in [-0.2, -0.15) is 0 Å². The molecule has 0 fully saturated rings. The molecule has 3 heteroatoms. The maximum absolute atomic E-state index is 3.54. The number of para-hydroxylation sites is 1. The molecule has 0 unspecified atom stereocenters. The Balaban J connectivity index is 1.65. The summed E-state index contributed by atoms with van der Waals surface area (Å²) in [5, 5.41) is 2.65. The van der Waals surface area contributed by atoms with Crippen molar-refractivity contribution in [2.75, 3.05) is 0 Å². The highest BCUT2D eigenvalue weighted by Crippen LogP contribution is 2.36. The Morgan fingerprint density at radius 3 is 2.09 bits per heavy atom. The molecular formula is C32H27Br2N. The zero-order valence-corrected chi connectivity index (χ0v) is 23.2.